The van der Waals surface area contributed by atoms with E-state index in [-0.39, 0.29) is 57.4 Å². The number of nitrogens with one attached hydrogen (secondary N) is 4. The summed E-state index contributed by atoms with van der Waals surface area (Å²) in [6.45, 7) is 0.271. The summed E-state index contributed by atoms with van der Waals surface area (Å²) in [5.41, 5.74) is 0.558. The molecule has 0 radical (unpaired) electrons. The molecule has 7 N–H and O–H groups in total. The summed E-state index contributed by atoms with van der Waals surface area (Å²) in [7, 11) is -8.42. The van der Waals surface area contributed by atoms with Crippen LogP contribution in [-0.2, 0) is 53.2 Å². The number of unbranched alkanes of at least 4 members (excludes halogenated alkanes) is 1. The third-order valence-electron chi connectivity index (χ3n) is 9.69. The van der Waals surface area contributed by atoms with Crippen molar-refractivity contribution in [2.45, 2.75) is 82.3 Å². The normalized spacial score (nSPS) is 16.4. The lowest BCUT2D eigenvalue weighted by Gasteiger charge is -2.34. The average molecular weight is 815 g/mol. The highest BCUT2D eigenvalue weighted by Gasteiger charge is 2.49. The van der Waals surface area contributed by atoms with Crippen LogP contribution in [0.4, 0.5) is 4.79 Å². The number of carbonyl (C=O) groups excluding carboxylic acids is 3. The first-order valence-electron chi connectivity index (χ1n) is 18.4. The number of aromatic hydroxyl groups is 1. The lowest BCUT2D eigenvalue weighted by Crippen LogP contribution is -2.52. The maximum atomic E-state index is 14.5. The second-order valence-electron chi connectivity index (χ2n) is 14.3. The Bertz CT molecular complexity index is 1930. The molecule has 3 aromatic rings. The zero-order valence-electron chi connectivity index (χ0n) is 31.3. The molecule has 0 bridgehead atoms. The number of amides is 3. The number of phenols is 1. The van der Waals surface area contributed by atoms with E-state index in [1.165, 1.54) is 24.3 Å². The monoisotopic (exact) mass is 814 g/mol. The molecule has 17 heteroatoms. The third kappa shape index (κ3) is 14.1. The van der Waals surface area contributed by atoms with Crippen molar-refractivity contribution < 1.29 is 52.0 Å². The smallest absolute Gasteiger partial charge is 0.407 e. The van der Waals surface area contributed by atoms with Crippen LogP contribution in [0.3, 0.4) is 0 Å². The summed E-state index contributed by atoms with van der Waals surface area (Å²) in [6, 6.07) is 20.9. The summed E-state index contributed by atoms with van der Waals surface area (Å²) < 4.78 is 46.7. The maximum Gasteiger partial charge on any atom is 0.407 e. The quantitative estimate of drug-likeness (QED) is 0.0599. The number of alkyl carbamates (subject to hydrolysis) is 1. The van der Waals surface area contributed by atoms with Gasteiger partial charge in [-0.05, 0) is 60.9 Å². The van der Waals surface area contributed by atoms with Crippen LogP contribution in [0.25, 0.3) is 0 Å². The van der Waals surface area contributed by atoms with Crippen molar-refractivity contribution in [3.8, 4) is 5.75 Å². The van der Waals surface area contributed by atoms with Gasteiger partial charge in [0.15, 0.2) is 0 Å². The van der Waals surface area contributed by atoms with Gasteiger partial charge in [0.1, 0.15) is 30.2 Å². The molecule has 0 aliphatic heterocycles. The summed E-state index contributed by atoms with van der Waals surface area (Å²) in [5.74, 6) is -4.26. The molecule has 1 unspecified atom stereocenters. The SMILES string of the molecule is CS(=O)(=O)N[C@@H](CCCCNC(=O)OCc1ccccc1)C(=O)N[C@@H](Cc1ccccc1)P(=O)(O)CC1(C(=O)N[C@@H](Cc2ccc(O)cc2)C(=O)O)CCCC1. The fourth-order valence-electron chi connectivity index (χ4n) is 6.77. The number of ether oxygens (including phenoxy) is 1. The first-order valence-corrected chi connectivity index (χ1v) is 22.3. The number of carboxylic acid groups (broad SMARTS) is 1. The van der Waals surface area contributed by atoms with E-state index in [4.69, 9.17) is 4.74 Å². The minimum absolute atomic E-state index is 0.00259. The molecule has 3 aromatic carbocycles. The largest absolute Gasteiger partial charge is 0.508 e. The maximum absolute atomic E-state index is 14.5. The predicted molar refractivity (Wildman–Crippen MR) is 209 cm³/mol. The number of carbonyl (C=O) groups is 4. The highest BCUT2D eigenvalue weighted by atomic mass is 32.2. The standard InChI is InChI=1S/C39H51N4O11PS/c1-56(52,53)43-32(16-8-11-23-40-38(49)54-26-30-14-6-3-7-15-30)35(45)42-34(25-28-12-4-2-5-13-28)55(50,51)27-39(21-9-10-22-39)37(48)41-33(36(46)47)24-29-17-19-31(44)20-18-29/h2-7,12-15,17-20,32-34,43-44H,8-11,16,21-27H2,1H3,(H,40,49)(H,41,48)(H,42,45)(H,46,47)(H,50,51)/t32-,33-,34+/m0/s1. The van der Waals surface area contributed by atoms with Gasteiger partial charge in [-0.3, -0.25) is 14.2 Å². The molecule has 1 saturated carbocycles. The van der Waals surface area contributed by atoms with Crippen molar-refractivity contribution in [3.63, 3.8) is 0 Å². The molecule has 0 saturated heterocycles. The van der Waals surface area contributed by atoms with Crippen LogP contribution in [0.15, 0.2) is 84.9 Å². The summed E-state index contributed by atoms with van der Waals surface area (Å²) in [6.07, 6.45) is 1.69. The van der Waals surface area contributed by atoms with Gasteiger partial charge in [-0.25, -0.2) is 22.7 Å². The van der Waals surface area contributed by atoms with Gasteiger partial charge in [0.2, 0.25) is 29.2 Å². The molecule has 0 spiro atoms. The van der Waals surface area contributed by atoms with Gasteiger partial charge in [-0.15, -0.1) is 0 Å². The Morgan fingerprint density at radius 2 is 1.41 bits per heavy atom. The fraction of sp³-hybridized carbons (Fsp3) is 0.436. The number of hydrogen-bond acceptors (Lipinski definition) is 9. The number of hydrogen-bond donors (Lipinski definition) is 7. The van der Waals surface area contributed by atoms with Crippen molar-refractivity contribution in [1.82, 2.24) is 20.7 Å². The minimum atomic E-state index is -4.50. The van der Waals surface area contributed by atoms with Gasteiger partial charge in [0.25, 0.3) is 0 Å². The van der Waals surface area contributed by atoms with Crippen molar-refractivity contribution >= 4 is 41.3 Å². The van der Waals surface area contributed by atoms with Gasteiger partial charge in [-0.2, -0.15) is 0 Å². The van der Waals surface area contributed by atoms with Crippen LogP contribution >= 0.6 is 7.37 Å². The van der Waals surface area contributed by atoms with Crippen LogP contribution in [-0.4, -0.2) is 84.2 Å². The fourth-order valence-corrected chi connectivity index (χ4v) is 9.88. The van der Waals surface area contributed by atoms with Crippen LogP contribution in [0.2, 0.25) is 0 Å². The minimum Gasteiger partial charge on any atom is -0.508 e. The first kappa shape index (κ1) is 44.0. The molecule has 4 atom stereocenters. The highest BCUT2D eigenvalue weighted by molar-refractivity contribution is 7.88. The Kier molecular flexibility index (Phi) is 16.0. The molecule has 1 fully saturated rings. The molecule has 15 nitrogen and oxygen atoms in total. The lowest BCUT2D eigenvalue weighted by atomic mass is 9.87. The Hall–Kier alpha value is -4.76. The summed E-state index contributed by atoms with van der Waals surface area (Å²) >= 11 is 0. The molecule has 1 aliphatic carbocycles. The Morgan fingerprint density at radius 1 is 0.821 bits per heavy atom. The number of aliphatic carboxylic acids is 1. The van der Waals surface area contributed by atoms with Gasteiger partial charge in [0.05, 0.1) is 11.7 Å². The average Bonchev–Trinajstić information content (AvgIpc) is 3.63. The highest BCUT2D eigenvalue weighted by Crippen LogP contribution is 2.55. The van der Waals surface area contributed by atoms with Gasteiger partial charge in [0, 0.05) is 25.5 Å². The Morgan fingerprint density at radius 3 is 2.00 bits per heavy atom. The van der Waals surface area contributed by atoms with E-state index in [1.54, 1.807) is 30.3 Å². The summed E-state index contributed by atoms with van der Waals surface area (Å²) in [4.78, 5) is 63.9. The zero-order chi connectivity index (χ0) is 40.8. The van der Waals surface area contributed by atoms with Crippen LogP contribution < -0.4 is 20.7 Å². The van der Waals surface area contributed by atoms with Crippen LogP contribution in [0.1, 0.15) is 61.6 Å². The zero-order valence-corrected chi connectivity index (χ0v) is 33.0. The Balaban J connectivity index is 1.46. The number of benzene rings is 3. The van der Waals surface area contributed by atoms with Crippen molar-refractivity contribution in [2.75, 3.05) is 19.0 Å². The number of sulfonamides is 1. The number of carboxylic acids is 1. The van der Waals surface area contributed by atoms with Gasteiger partial charge >= 0.3 is 12.1 Å². The van der Waals surface area contributed by atoms with Crippen LogP contribution in [0, 0.1) is 5.41 Å². The van der Waals surface area contributed by atoms with Gasteiger partial charge in [-0.1, -0.05) is 85.6 Å². The molecule has 304 valence electrons. The molecule has 0 aromatic heterocycles. The molecule has 56 heavy (non-hydrogen) atoms. The van der Waals surface area contributed by atoms with E-state index in [0.29, 0.717) is 30.4 Å². The van der Waals surface area contributed by atoms with Crippen molar-refractivity contribution in [2.24, 2.45) is 5.41 Å². The van der Waals surface area contributed by atoms with E-state index in [0.717, 1.165) is 11.8 Å². The van der Waals surface area contributed by atoms with E-state index in [1.807, 2.05) is 30.3 Å². The van der Waals surface area contributed by atoms with E-state index >= 15 is 0 Å². The van der Waals surface area contributed by atoms with Crippen LogP contribution in [0.5, 0.6) is 5.75 Å². The van der Waals surface area contributed by atoms with E-state index in [9.17, 15) is 47.3 Å². The topological polar surface area (TPSA) is 238 Å². The number of phenolic OH excluding ortho intramolecular Hbond substituents is 1. The lowest BCUT2D eigenvalue weighted by molar-refractivity contribution is -0.143. The molecule has 0 heterocycles. The third-order valence-corrected chi connectivity index (χ3v) is 12.8. The molecular weight excluding hydrogens is 763 g/mol. The molecule has 3 amide bonds. The first-order chi connectivity index (χ1) is 26.5. The molecule has 1 aliphatic rings. The summed E-state index contributed by atoms with van der Waals surface area (Å²) in [5, 5.41) is 27.4. The molecular formula is C39H51N4O11PS. The predicted octanol–water partition coefficient (Wildman–Crippen LogP) is 4.03. The van der Waals surface area contributed by atoms with E-state index in [2.05, 4.69) is 20.7 Å². The van der Waals surface area contributed by atoms with Gasteiger partial charge < -0.3 is 35.8 Å². The van der Waals surface area contributed by atoms with E-state index < -0.39 is 70.7 Å². The number of rotatable bonds is 21. The van der Waals surface area contributed by atoms with Crippen molar-refractivity contribution in [3.05, 3.63) is 102 Å². The van der Waals surface area contributed by atoms with Crippen molar-refractivity contribution in [1.29, 1.82) is 0 Å². The Labute approximate surface area is 327 Å². The second kappa shape index (κ2) is 20.4. The second-order valence-corrected chi connectivity index (χ2v) is 18.5. The molecule has 4 rings (SSSR count).